The number of carboxylic acid groups (broad SMARTS) is 2. The first kappa shape index (κ1) is 40.3. The molecule has 5 N–H and O–H groups in total. The van der Waals surface area contributed by atoms with Crippen LogP contribution in [0.1, 0.15) is 39.1 Å². The van der Waals surface area contributed by atoms with Gasteiger partial charge in [-0.2, -0.15) is 10.2 Å². The lowest BCUT2D eigenvalue weighted by Gasteiger charge is -2.36. The maximum absolute atomic E-state index is 13.1. The third-order valence-electron chi connectivity index (χ3n) is 9.26. The van der Waals surface area contributed by atoms with E-state index < -0.39 is 32.0 Å². The van der Waals surface area contributed by atoms with Gasteiger partial charge in [0.15, 0.2) is 0 Å². The number of hydrogen-bond acceptors (Lipinski definition) is 10. The van der Waals surface area contributed by atoms with Crippen molar-refractivity contribution >= 4 is 66.6 Å². The highest BCUT2D eigenvalue weighted by Gasteiger charge is 2.30. The summed E-state index contributed by atoms with van der Waals surface area (Å²) in [6, 6.07) is 21.8. The molecule has 2 heterocycles. The van der Waals surface area contributed by atoms with Crippen molar-refractivity contribution in [2.75, 3.05) is 16.1 Å². The fourth-order valence-corrected chi connectivity index (χ4v) is 8.40. The molecule has 4 aromatic carbocycles. The van der Waals surface area contributed by atoms with Gasteiger partial charge in [0.1, 0.15) is 15.5 Å². The van der Waals surface area contributed by atoms with Crippen molar-refractivity contribution in [3.05, 3.63) is 136 Å². The van der Waals surface area contributed by atoms with Gasteiger partial charge in [0.25, 0.3) is 20.0 Å². The molecule has 0 atom stereocenters. The lowest BCUT2D eigenvalue weighted by Crippen LogP contribution is -2.42. The van der Waals surface area contributed by atoms with E-state index >= 15 is 0 Å². The number of aromatic nitrogens is 4. The summed E-state index contributed by atoms with van der Waals surface area (Å²) in [4.78, 5) is 23.9. The number of nitrogens with zero attached hydrogens (tertiary/aromatic N) is 4. The van der Waals surface area contributed by atoms with E-state index in [1.54, 1.807) is 54.6 Å². The van der Waals surface area contributed by atoms with Crippen LogP contribution in [0.5, 0.6) is 5.75 Å². The van der Waals surface area contributed by atoms with Gasteiger partial charge in [-0.3, -0.25) is 9.44 Å². The molecule has 0 spiro atoms. The quantitative estimate of drug-likeness (QED) is 0.0722. The largest absolute Gasteiger partial charge is 0.493 e. The lowest BCUT2D eigenvalue weighted by molar-refractivity contribution is 0.0686. The zero-order valence-corrected chi connectivity index (χ0v) is 33.1. The Kier molecular flexibility index (Phi) is 11.5. The monoisotopic (exact) mass is 865 g/mol. The van der Waals surface area contributed by atoms with Gasteiger partial charge < -0.3 is 20.3 Å². The maximum atomic E-state index is 13.1. The van der Waals surface area contributed by atoms with E-state index in [1.807, 2.05) is 0 Å². The number of sulfonamides is 2. The van der Waals surface area contributed by atoms with Crippen LogP contribution >= 0.6 is 23.2 Å². The van der Waals surface area contributed by atoms with E-state index in [4.69, 9.17) is 27.9 Å². The fraction of sp³-hybridized carbons (Fsp3) is 0.158. The van der Waals surface area contributed by atoms with Gasteiger partial charge >= 0.3 is 11.9 Å². The molecule has 7 rings (SSSR count). The smallest absolute Gasteiger partial charge is 0.337 e. The first-order valence-corrected chi connectivity index (χ1v) is 21.1. The summed E-state index contributed by atoms with van der Waals surface area (Å²) in [5.41, 5.74) is 1.02. The second-order valence-electron chi connectivity index (χ2n) is 13.3. The summed E-state index contributed by atoms with van der Waals surface area (Å²) in [7, 11) is -8.38. The van der Waals surface area contributed by atoms with Gasteiger partial charge in [-0.25, -0.2) is 35.8 Å². The number of carboxylic acids is 2. The van der Waals surface area contributed by atoms with Gasteiger partial charge in [0.05, 0.1) is 65.3 Å². The topological polar surface area (TPSA) is 224 Å². The van der Waals surface area contributed by atoms with Crippen molar-refractivity contribution in [3.8, 4) is 17.1 Å². The number of nitrogens with one attached hydrogen (secondary N) is 3. The fourth-order valence-electron chi connectivity index (χ4n) is 6.13. The summed E-state index contributed by atoms with van der Waals surface area (Å²) in [6.45, 7) is 0.601. The molecule has 6 aromatic rings. The minimum absolute atomic E-state index is 0.0904. The molecule has 2 aromatic heterocycles. The lowest BCUT2D eigenvalue weighted by atomic mass is 9.81. The number of benzene rings is 4. The number of rotatable bonds is 16. The predicted octanol–water partition coefficient (Wildman–Crippen LogP) is 6.31. The molecule has 1 aliphatic rings. The Balaban J connectivity index is 0.906. The van der Waals surface area contributed by atoms with Crippen LogP contribution in [0, 0.1) is 5.92 Å². The van der Waals surface area contributed by atoms with Gasteiger partial charge in [-0.15, -0.1) is 0 Å². The predicted molar refractivity (Wildman–Crippen MR) is 214 cm³/mol. The van der Waals surface area contributed by atoms with E-state index in [-0.39, 0.29) is 56.6 Å². The number of anilines is 2. The van der Waals surface area contributed by atoms with Gasteiger partial charge in [0, 0.05) is 22.6 Å². The molecule has 0 bridgehead atoms. The van der Waals surface area contributed by atoms with Crippen molar-refractivity contribution in [3.63, 3.8) is 0 Å². The highest BCUT2D eigenvalue weighted by Crippen LogP contribution is 2.31. The van der Waals surface area contributed by atoms with Crippen LogP contribution < -0.4 is 19.5 Å². The number of hydrogen-bond donors (Lipinski definition) is 5. The molecule has 1 fully saturated rings. The average molecular weight is 867 g/mol. The molecule has 20 heteroatoms. The first-order chi connectivity index (χ1) is 27.6. The summed E-state index contributed by atoms with van der Waals surface area (Å²) >= 11 is 11.9. The van der Waals surface area contributed by atoms with E-state index in [2.05, 4.69) is 25.0 Å². The Labute approximate surface area is 342 Å². The molecule has 0 radical (unpaired) electrons. The molecule has 300 valence electrons. The average Bonchev–Trinajstić information content (AvgIpc) is 3.88. The van der Waals surface area contributed by atoms with Gasteiger partial charge in [-0.1, -0.05) is 29.3 Å². The van der Waals surface area contributed by atoms with Crippen molar-refractivity contribution in [1.82, 2.24) is 24.9 Å². The first-order valence-electron chi connectivity index (χ1n) is 17.4. The minimum atomic E-state index is -4.20. The molecule has 0 amide bonds. The molecule has 0 saturated heterocycles. The number of halogens is 2. The normalized spacial score (nSPS) is 15.3. The second-order valence-corrected chi connectivity index (χ2v) is 17.6. The Morgan fingerprint density at radius 2 is 1.19 bits per heavy atom. The van der Waals surface area contributed by atoms with Crippen molar-refractivity contribution in [1.29, 1.82) is 0 Å². The molecular formula is C38H33Cl2N7O9S2. The SMILES string of the molecule is O=C(O)c1cc(CN[C@H]2C[C@@H](COc3ccc(NS(=O)(=O)c4cnn(-c5ccc(Cl)cc5)c4)c(C(=O)O)c3)C2)ccc1NS(=O)(=O)c1cnn(-c2ccc(Cl)cc2)c1. The van der Waals surface area contributed by atoms with Gasteiger partial charge in [-0.05, 0) is 103 Å². The van der Waals surface area contributed by atoms with Crippen LogP contribution in [0.3, 0.4) is 0 Å². The molecule has 0 aliphatic heterocycles. The van der Waals surface area contributed by atoms with Crippen LogP contribution in [0.2, 0.25) is 10.0 Å². The zero-order valence-electron chi connectivity index (χ0n) is 30.0. The van der Waals surface area contributed by atoms with E-state index in [0.717, 1.165) is 25.2 Å². The Bertz CT molecular complexity index is 2530. The zero-order chi connectivity index (χ0) is 41.2. The summed E-state index contributed by atoms with van der Waals surface area (Å²) in [6.07, 6.45) is 6.36. The van der Waals surface area contributed by atoms with Crippen LogP contribution in [-0.4, -0.2) is 71.2 Å². The van der Waals surface area contributed by atoms with E-state index in [0.29, 0.717) is 33.5 Å². The van der Waals surface area contributed by atoms with Gasteiger partial charge in [0.2, 0.25) is 0 Å². The summed E-state index contributed by atoms with van der Waals surface area (Å²) < 4.78 is 65.8. The maximum Gasteiger partial charge on any atom is 0.337 e. The standard InChI is InChI=1S/C38H33Cl2N7O9S2/c39-25-2-6-28(7-3-25)46-20-31(18-42-46)57(52,53)44-35-11-1-23(15-33(35)37(48)49)17-41-27-13-24(14-27)22-56-30-10-12-36(34(16-30)38(50)51)45-58(54,55)32-19-43-47(21-32)29-8-4-26(40)5-9-29/h1-12,15-16,18-21,24,27,41,44-45H,13-14,17,22H2,(H,48,49)(H,50,51)/t24-,27+. The van der Waals surface area contributed by atoms with E-state index in [1.165, 1.54) is 52.1 Å². The Morgan fingerprint density at radius 3 is 1.69 bits per heavy atom. The van der Waals surface area contributed by atoms with Crippen molar-refractivity contribution < 1.29 is 41.4 Å². The number of carbonyl (C=O) groups is 2. The summed E-state index contributed by atoms with van der Waals surface area (Å²) in [5.74, 6) is -2.28. The highest BCUT2D eigenvalue weighted by atomic mass is 35.5. The third-order valence-corrected chi connectivity index (χ3v) is 12.4. The molecule has 1 saturated carbocycles. The van der Waals surface area contributed by atoms with Crippen LogP contribution in [0.25, 0.3) is 11.4 Å². The molecule has 16 nitrogen and oxygen atoms in total. The Hall–Kier alpha value is -5.92. The van der Waals surface area contributed by atoms with E-state index in [9.17, 15) is 36.6 Å². The molecular weight excluding hydrogens is 833 g/mol. The molecule has 1 aliphatic carbocycles. The number of ether oxygens (including phenoxy) is 1. The Morgan fingerprint density at radius 1 is 0.707 bits per heavy atom. The minimum Gasteiger partial charge on any atom is -0.493 e. The highest BCUT2D eigenvalue weighted by molar-refractivity contribution is 7.93. The molecule has 0 unspecified atom stereocenters. The number of aromatic carboxylic acids is 2. The van der Waals surface area contributed by atoms with Crippen LogP contribution in [-0.2, 0) is 26.6 Å². The second kappa shape index (κ2) is 16.5. The van der Waals surface area contributed by atoms with Crippen LogP contribution in [0.15, 0.2) is 120 Å². The van der Waals surface area contributed by atoms with Crippen molar-refractivity contribution in [2.24, 2.45) is 5.92 Å². The summed E-state index contributed by atoms with van der Waals surface area (Å²) in [5, 5.41) is 32.3. The van der Waals surface area contributed by atoms with Crippen LogP contribution in [0.4, 0.5) is 11.4 Å². The third kappa shape index (κ3) is 9.27. The van der Waals surface area contributed by atoms with Crippen molar-refractivity contribution in [2.45, 2.75) is 35.2 Å². The molecule has 58 heavy (non-hydrogen) atoms.